The van der Waals surface area contributed by atoms with E-state index in [1.807, 2.05) is 18.2 Å². The van der Waals surface area contributed by atoms with E-state index in [9.17, 15) is 9.90 Å². The summed E-state index contributed by atoms with van der Waals surface area (Å²) in [6.07, 6.45) is 4.45. The molecule has 1 saturated heterocycles. The first-order valence-electron chi connectivity index (χ1n) is 11.6. The van der Waals surface area contributed by atoms with Crippen molar-refractivity contribution in [1.29, 1.82) is 0 Å². The third kappa shape index (κ3) is 4.56. The molecule has 2 aromatic heterocycles. The van der Waals surface area contributed by atoms with Gasteiger partial charge >= 0.3 is 0 Å². The predicted octanol–water partition coefficient (Wildman–Crippen LogP) is 3.76. The van der Waals surface area contributed by atoms with Gasteiger partial charge in [0.25, 0.3) is 5.91 Å². The van der Waals surface area contributed by atoms with Gasteiger partial charge in [0, 0.05) is 37.1 Å². The van der Waals surface area contributed by atoms with Gasteiger partial charge in [-0.1, -0.05) is 11.6 Å². The molecule has 34 heavy (non-hydrogen) atoms. The minimum atomic E-state index is -0.941. The average Bonchev–Trinajstić information content (AvgIpc) is 3.42. The number of amides is 1. The molecule has 4 heterocycles. The molecular formula is C24H28ClN5O3S. The second kappa shape index (κ2) is 9.64. The molecule has 0 bridgehead atoms. The Morgan fingerprint density at radius 3 is 2.94 bits per heavy atom. The molecule has 8 nitrogen and oxygen atoms in total. The van der Waals surface area contributed by atoms with Crippen LogP contribution in [0.2, 0.25) is 5.02 Å². The third-order valence-electron chi connectivity index (χ3n) is 6.65. The molecular weight excluding hydrogens is 474 g/mol. The van der Waals surface area contributed by atoms with Crippen molar-refractivity contribution >= 4 is 46.1 Å². The van der Waals surface area contributed by atoms with E-state index in [0.717, 1.165) is 59.1 Å². The van der Waals surface area contributed by atoms with E-state index in [2.05, 4.69) is 9.55 Å². The molecule has 0 radical (unpaired) electrons. The second-order valence-corrected chi connectivity index (χ2v) is 10.4. The van der Waals surface area contributed by atoms with Crippen LogP contribution in [0, 0.1) is 5.92 Å². The monoisotopic (exact) mass is 501 g/mol. The molecule has 0 saturated carbocycles. The maximum absolute atomic E-state index is 12.1. The van der Waals surface area contributed by atoms with Crippen molar-refractivity contribution in [2.24, 2.45) is 5.92 Å². The van der Waals surface area contributed by atoms with E-state index in [4.69, 9.17) is 27.1 Å². The number of carbonyl (C=O) groups excluding carboxylic acids is 1. The van der Waals surface area contributed by atoms with Crippen LogP contribution >= 0.6 is 23.4 Å². The molecule has 5 rings (SSSR count). The molecule has 1 aromatic carbocycles. The number of benzene rings is 1. The Hall–Kier alpha value is -2.49. The number of imidazole rings is 1. The topological polar surface area (TPSA) is 106 Å². The third-order valence-corrected chi connectivity index (χ3v) is 8.13. The number of nitrogens with two attached hydrogens (primary N) is 1. The number of carbonyl (C=O) groups is 1. The van der Waals surface area contributed by atoms with Crippen molar-refractivity contribution in [1.82, 2.24) is 19.4 Å². The summed E-state index contributed by atoms with van der Waals surface area (Å²) in [6, 6.07) is 5.92. The number of aliphatic hydroxyl groups is 1. The van der Waals surface area contributed by atoms with E-state index in [1.165, 1.54) is 18.7 Å². The van der Waals surface area contributed by atoms with Crippen LogP contribution in [0.1, 0.15) is 31.7 Å². The Bertz CT molecular complexity index is 1220. The van der Waals surface area contributed by atoms with Crippen LogP contribution in [0.5, 0.6) is 5.75 Å². The summed E-state index contributed by atoms with van der Waals surface area (Å²) < 4.78 is 7.92. The van der Waals surface area contributed by atoms with Crippen LogP contribution in [0.3, 0.4) is 0 Å². The lowest BCUT2D eigenvalue weighted by molar-refractivity contribution is -0.140. The van der Waals surface area contributed by atoms with Gasteiger partial charge in [0.15, 0.2) is 11.0 Å². The lowest BCUT2D eigenvalue weighted by Gasteiger charge is -2.32. The van der Waals surface area contributed by atoms with Crippen molar-refractivity contribution in [3.8, 4) is 5.75 Å². The summed E-state index contributed by atoms with van der Waals surface area (Å²) in [4.78, 5) is 23.8. The number of likely N-dealkylation sites (tertiary alicyclic amines) is 1. The van der Waals surface area contributed by atoms with E-state index in [1.54, 1.807) is 11.1 Å². The highest BCUT2D eigenvalue weighted by atomic mass is 35.5. The fourth-order valence-corrected chi connectivity index (χ4v) is 5.97. The number of ether oxygens (including phenoxy) is 1. The van der Waals surface area contributed by atoms with E-state index < -0.39 is 6.10 Å². The number of anilines is 1. The average molecular weight is 502 g/mol. The first-order valence-corrected chi connectivity index (χ1v) is 12.8. The molecule has 1 amide bonds. The van der Waals surface area contributed by atoms with E-state index in [-0.39, 0.29) is 5.91 Å². The zero-order valence-corrected chi connectivity index (χ0v) is 20.6. The van der Waals surface area contributed by atoms with Gasteiger partial charge in [0.1, 0.15) is 17.4 Å². The number of hydrogen-bond donors (Lipinski definition) is 2. The van der Waals surface area contributed by atoms with Crippen molar-refractivity contribution in [2.75, 3.05) is 25.4 Å². The van der Waals surface area contributed by atoms with Crippen molar-refractivity contribution in [2.45, 2.75) is 55.3 Å². The zero-order valence-electron chi connectivity index (χ0n) is 19.0. The molecule has 180 valence electrons. The number of nitrogen functional groups attached to an aromatic ring is 1. The van der Waals surface area contributed by atoms with Crippen molar-refractivity contribution in [3.63, 3.8) is 0 Å². The smallest absolute Gasteiger partial charge is 0.251 e. The number of halogens is 1. The van der Waals surface area contributed by atoms with Gasteiger partial charge < -0.3 is 25.0 Å². The van der Waals surface area contributed by atoms with Crippen LogP contribution in [-0.2, 0) is 17.8 Å². The van der Waals surface area contributed by atoms with Gasteiger partial charge in [-0.2, -0.15) is 0 Å². The molecule has 3 N–H and O–H groups in total. The molecule has 0 spiro atoms. The molecule has 1 atom stereocenters. The molecule has 10 heteroatoms. The first-order chi connectivity index (χ1) is 16.4. The Morgan fingerprint density at radius 2 is 2.18 bits per heavy atom. The number of hydrogen-bond acceptors (Lipinski definition) is 7. The van der Waals surface area contributed by atoms with Gasteiger partial charge in [-0.15, -0.1) is 0 Å². The molecule has 3 aromatic rings. The van der Waals surface area contributed by atoms with Crippen LogP contribution in [0.4, 0.5) is 5.82 Å². The Balaban J connectivity index is 1.36. The number of aromatic nitrogens is 3. The number of nitrogens with zero attached hydrogens (tertiary/aromatic N) is 4. The Kier molecular flexibility index (Phi) is 6.59. The minimum Gasteiger partial charge on any atom is -0.493 e. The lowest BCUT2D eigenvalue weighted by Crippen LogP contribution is -2.43. The lowest BCUT2D eigenvalue weighted by atomic mass is 9.93. The molecule has 2 aliphatic rings. The normalized spacial score (nSPS) is 17.1. The summed E-state index contributed by atoms with van der Waals surface area (Å²) in [5, 5.41) is 11.1. The summed E-state index contributed by atoms with van der Waals surface area (Å²) in [5.74, 6) is 1.60. The van der Waals surface area contributed by atoms with Gasteiger partial charge in [-0.3, -0.25) is 4.79 Å². The second-order valence-electron chi connectivity index (χ2n) is 8.93. The SMILES string of the molecule is C[C@H](O)C(=O)N1CCC(CCn2c(Sc3cc4c(cc3Cl)CCO4)nc3c(N)nccc32)CC1. The first kappa shape index (κ1) is 23.3. The number of fused-ring (bicyclic) bond motifs is 2. The maximum atomic E-state index is 12.1. The number of rotatable bonds is 6. The summed E-state index contributed by atoms with van der Waals surface area (Å²) >= 11 is 8.11. The van der Waals surface area contributed by atoms with Crippen LogP contribution in [0.25, 0.3) is 11.0 Å². The number of pyridine rings is 1. The minimum absolute atomic E-state index is 0.184. The number of piperidine rings is 1. The quantitative estimate of drug-likeness (QED) is 0.529. The van der Waals surface area contributed by atoms with E-state index in [0.29, 0.717) is 42.0 Å². The highest BCUT2D eigenvalue weighted by Crippen LogP contribution is 2.40. The highest BCUT2D eigenvalue weighted by molar-refractivity contribution is 7.99. The Labute approximate surface area is 207 Å². The van der Waals surface area contributed by atoms with Gasteiger partial charge in [0.05, 0.1) is 17.1 Å². The van der Waals surface area contributed by atoms with Crippen molar-refractivity contribution < 1.29 is 14.6 Å². The van der Waals surface area contributed by atoms with Crippen molar-refractivity contribution in [3.05, 3.63) is 35.0 Å². The fraction of sp³-hybridized carbons (Fsp3) is 0.458. The highest BCUT2D eigenvalue weighted by Gasteiger charge is 2.26. The largest absolute Gasteiger partial charge is 0.493 e. The van der Waals surface area contributed by atoms with Gasteiger partial charge in [-0.05, 0) is 67.6 Å². The molecule has 1 fully saturated rings. The van der Waals surface area contributed by atoms with Crippen LogP contribution < -0.4 is 10.5 Å². The van der Waals surface area contributed by atoms with E-state index >= 15 is 0 Å². The standard InChI is InChI=1S/C24H28ClN5O3S/c1-14(31)23(32)29-8-3-15(4-9-29)5-10-30-18-2-7-27-22(26)21(18)28-24(30)34-20-13-19-16(6-11-33-19)12-17(20)25/h2,7,12-15,31H,3-6,8-11H2,1H3,(H2,26,27)/t14-/m0/s1. The summed E-state index contributed by atoms with van der Waals surface area (Å²) in [7, 11) is 0. The van der Waals surface area contributed by atoms with Crippen LogP contribution in [0.15, 0.2) is 34.4 Å². The summed E-state index contributed by atoms with van der Waals surface area (Å²) in [6.45, 7) is 4.35. The Morgan fingerprint density at radius 1 is 1.38 bits per heavy atom. The molecule has 0 aliphatic carbocycles. The summed E-state index contributed by atoms with van der Waals surface area (Å²) in [5.41, 5.74) is 8.92. The maximum Gasteiger partial charge on any atom is 0.251 e. The van der Waals surface area contributed by atoms with Gasteiger partial charge in [-0.25, -0.2) is 9.97 Å². The molecule has 2 aliphatic heterocycles. The number of aliphatic hydroxyl groups excluding tert-OH is 1. The van der Waals surface area contributed by atoms with Crippen LogP contribution in [-0.4, -0.2) is 56.2 Å². The van der Waals surface area contributed by atoms with Gasteiger partial charge in [0.2, 0.25) is 0 Å². The number of aryl methyl sites for hydroxylation is 1. The predicted molar refractivity (Wildman–Crippen MR) is 132 cm³/mol. The zero-order chi connectivity index (χ0) is 23.8. The molecule has 0 unspecified atom stereocenters. The fourth-order valence-electron chi connectivity index (χ4n) is 4.72.